The molecule has 0 saturated heterocycles. The topological polar surface area (TPSA) is 0 Å². The first-order chi connectivity index (χ1) is 0. The molecule has 0 fully saturated rings. The van der Waals surface area contributed by atoms with Crippen LogP contribution in [-0.2, 0) is 22.4 Å². The summed E-state index contributed by atoms with van der Waals surface area (Å²) < 4.78 is 0. The van der Waals surface area contributed by atoms with Gasteiger partial charge in [-0.2, -0.15) is 0 Å². The van der Waals surface area contributed by atoms with Crippen LogP contribution >= 0.6 is 0 Å². The quantitative estimate of drug-likeness (QED) is 0.305. The minimum absolute atomic E-state index is 0. The fourth-order valence-electron chi connectivity index (χ4n) is 0. The fourth-order valence-corrected chi connectivity index (χ4v) is 0. The van der Waals surface area contributed by atoms with Crippen molar-refractivity contribution in [3.05, 3.63) is 0 Å². The Hall–Kier alpha value is 1.96. The molecular weight excluding hydrogens is 334 g/mol. The Labute approximate surface area is 100 Å². The second-order valence-electron chi connectivity index (χ2n) is 0. The summed E-state index contributed by atoms with van der Waals surface area (Å²) in [5, 5.41) is 0. The van der Waals surface area contributed by atoms with Crippen molar-refractivity contribution in [2.75, 3.05) is 0 Å². The summed E-state index contributed by atoms with van der Waals surface area (Å²) in [4.78, 5) is 0. The molecule has 0 saturated carbocycles. The molecule has 0 N–H and O–H groups in total. The third-order valence-electron chi connectivity index (χ3n) is 0. The Balaban J connectivity index is 0. The van der Waals surface area contributed by atoms with Crippen LogP contribution in [0.2, 0.25) is 0 Å². The molecule has 0 aromatic heterocycles. The van der Waals surface area contributed by atoms with E-state index < -0.39 is 0 Å². The van der Waals surface area contributed by atoms with Crippen molar-refractivity contribution >= 4 is 0 Å². The summed E-state index contributed by atoms with van der Waals surface area (Å²) in [5.41, 5.74) is 0. The first-order valence-corrected chi connectivity index (χ1v) is 0. The molecule has 0 heterocycles. The van der Waals surface area contributed by atoms with Gasteiger partial charge in [-0.15, -0.1) is 0 Å². The van der Waals surface area contributed by atoms with Crippen LogP contribution in [0, 0.1) is 0 Å². The number of hydrogen-bond acceptors (Lipinski definition) is 0. The zero-order valence-electron chi connectivity index (χ0n) is 3.72. The molecule has 0 aliphatic carbocycles. The molecule has 0 amide bonds. The van der Waals surface area contributed by atoms with Crippen LogP contribution in [0.1, 0.15) is 0 Å². The molecule has 0 atom stereocenters. The van der Waals surface area contributed by atoms with Crippen LogP contribution in [0.3, 0.4) is 0 Å². The van der Waals surface area contributed by atoms with Crippen LogP contribution < -0.4 is 79.6 Å². The maximum atomic E-state index is 0. The molecule has 48 valence electrons. The predicted molar refractivity (Wildman–Crippen MR) is 0 cm³/mol. The van der Waals surface area contributed by atoms with E-state index in [1.165, 1.54) is 0 Å². The van der Waals surface area contributed by atoms with Gasteiger partial charge in [0.25, 0.3) is 0 Å². The van der Waals surface area contributed by atoms with E-state index >= 15 is 0 Å². The zero-order valence-corrected chi connectivity index (χ0v) is 10.1. The van der Waals surface area contributed by atoms with Crippen molar-refractivity contribution in [1.29, 1.82) is 0 Å². The molecule has 0 spiro atoms. The summed E-state index contributed by atoms with van der Waals surface area (Å²) in [7, 11) is 0. The Morgan fingerprint density at radius 1 is 0.375 bits per heavy atom. The normalized spacial score (nSPS) is 0. The van der Waals surface area contributed by atoms with E-state index in [0.29, 0.717) is 0 Å². The summed E-state index contributed by atoms with van der Waals surface area (Å²) in [6.45, 7) is 0. The van der Waals surface area contributed by atoms with E-state index in [2.05, 4.69) is 0 Å². The molecule has 0 unspecified atom stereocenters. The Bertz CT molecular complexity index is 8.49. The van der Waals surface area contributed by atoms with Gasteiger partial charge < -0.3 is 28.2 Å². The van der Waals surface area contributed by atoms with Gasteiger partial charge in [-0.1, -0.05) is 0 Å². The van der Waals surface area contributed by atoms with E-state index in [1.54, 1.807) is 0 Å². The van der Waals surface area contributed by atoms with Gasteiger partial charge in [-0.05, 0) is 0 Å². The van der Waals surface area contributed by atoms with Crippen molar-refractivity contribution in [2.24, 2.45) is 0 Å². The van der Waals surface area contributed by atoms with E-state index in [9.17, 15) is 0 Å². The number of rotatable bonds is 0. The second-order valence-corrected chi connectivity index (χ2v) is 0. The first kappa shape index (κ1) is 209. The van der Waals surface area contributed by atoms with Crippen LogP contribution in [0.15, 0.2) is 0 Å². The third kappa shape index (κ3) is 101. The molecule has 0 rings (SSSR count). The molecule has 0 nitrogen and oxygen atoms in total. The summed E-state index contributed by atoms with van der Waals surface area (Å²) >= 11 is 0. The Kier molecular flexibility index (Phi) is 3860. The molecule has 0 radical (unpaired) electrons. The number of halogens is 6. The van der Waals surface area contributed by atoms with Crippen LogP contribution in [-0.4, -0.2) is 0 Å². The zero-order chi connectivity index (χ0) is 0. The largest absolute Gasteiger partial charge is 5.00 e. The van der Waals surface area contributed by atoms with Gasteiger partial charge in [-0.3, -0.25) is 0 Å². The van der Waals surface area contributed by atoms with Crippen molar-refractivity contribution in [3.63, 3.8) is 0 Å². The fraction of sp³-hybridized carbons (Fsp3) is 0. The smallest absolute Gasteiger partial charge is 1.00 e. The Morgan fingerprint density at radius 2 is 0.375 bits per heavy atom. The molecule has 0 bridgehead atoms. The average Bonchev–Trinajstić information content (AvgIpc) is 0. The Morgan fingerprint density at radius 3 is 0.375 bits per heavy atom. The molecule has 8 heavy (non-hydrogen) atoms. The minimum atomic E-state index is 0. The van der Waals surface area contributed by atoms with E-state index in [1.807, 2.05) is 0 Å². The van der Waals surface area contributed by atoms with E-state index in [-0.39, 0.29) is 102 Å². The third-order valence-corrected chi connectivity index (χ3v) is 0. The van der Waals surface area contributed by atoms with Crippen LogP contribution in [0.25, 0.3) is 0 Å². The average molecular weight is 334 g/mol. The van der Waals surface area contributed by atoms with E-state index in [0.717, 1.165) is 0 Å². The van der Waals surface area contributed by atoms with E-state index in [4.69, 9.17) is 0 Å². The van der Waals surface area contributed by atoms with Gasteiger partial charge in [0.1, 0.15) is 0 Å². The predicted octanol–water partition coefficient (Wildman–Crippen LogP) is -21.0. The van der Waals surface area contributed by atoms with Crippen molar-refractivity contribution in [3.8, 4) is 0 Å². The van der Waals surface area contributed by atoms with Gasteiger partial charge in [-0.25, -0.2) is 0 Å². The standard InChI is InChI=1S/6FH.K.Ta/h6*1H;;/q;;;;;;+1;+5/p-6. The summed E-state index contributed by atoms with van der Waals surface area (Å²) in [6.07, 6.45) is 0. The van der Waals surface area contributed by atoms with Crippen molar-refractivity contribution in [2.45, 2.75) is 0 Å². The van der Waals surface area contributed by atoms with Crippen molar-refractivity contribution in [1.82, 2.24) is 0 Å². The van der Waals surface area contributed by atoms with Gasteiger partial charge in [0.2, 0.25) is 0 Å². The molecule has 0 aliphatic rings. The number of hydrogen-bond donors (Lipinski definition) is 0. The summed E-state index contributed by atoms with van der Waals surface area (Å²) in [5.74, 6) is 0. The SMILES string of the molecule is [F-].[F-].[F-].[F-].[F-].[F-].[K+].[Ta+5]. The molecule has 0 aromatic carbocycles. The molecular formula is F6KTa. The monoisotopic (exact) mass is 334 g/mol. The molecule has 0 aromatic rings. The van der Waals surface area contributed by atoms with Crippen LogP contribution in [0.5, 0.6) is 0 Å². The van der Waals surface area contributed by atoms with Gasteiger partial charge in [0.05, 0.1) is 0 Å². The van der Waals surface area contributed by atoms with Crippen molar-refractivity contribution < 1.29 is 102 Å². The van der Waals surface area contributed by atoms with Gasteiger partial charge >= 0.3 is 73.8 Å². The maximum absolute atomic E-state index is 0. The summed E-state index contributed by atoms with van der Waals surface area (Å²) in [6, 6.07) is 0. The molecule has 8 heteroatoms. The van der Waals surface area contributed by atoms with Crippen LogP contribution in [0.4, 0.5) is 0 Å². The van der Waals surface area contributed by atoms with Gasteiger partial charge in [0.15, 0.2) is 0 Å². The maximum Gasteiger partial charge on any atom is 5.00 e. The molecule has 0 aliphatic heterocycles. The first-order valence-electron chi connectivity index (χ1n) is 0. The van der Waals surface area contributed by atoms with Gasteiger partial charge in [0, 0.05) is 0 Å². The minimum Gasteiger partial charge on any atom is -1.00 e. The second kappa shape index (κ2) is 148.